The second-order valence-electron chi connectivity index (χ2n) is 8.40. The van der Waals surface area contributed by atoms with Gasteiger partial charge in [0.2, 0.25) is 0 Å². The normalized spacial score (nSPS) is 13.2. The van der Waals surface area contributed by atoms with Crippen molar-refractivity contribution in [3.05, 3.63) is 35.9 Å². The van der Waals surface area contributed by atoms with Crippen molar-refractivity contribution >= 4 is 0 Å². The van der Waals surface area contributed by atoms with E-state index in [-0.39, 0.29) is 0 Å². The Balaban J connectivity index is 2.54. The summed E-state index contributed by atoms with van der Waals surface area (Å²) in [6.07, 6.45) is 1.23. The molecule has 0 bridgehead atoms. The van der Waals surface area contributed by atoms with E-state index < -0.39 is 0 Å². The first-order valence-corrected chi connectivity index (χ1v) is 7.97. The molecule has 0 aliphatic rings. The van der Waals surface area contributed by atoms with Gasteiger partial charge in [0.15, 0.2) is 0 Å². The Hall–Kier alpha value is -0.860. The average molecular weight is 290 g/mol. The summed E-state index contributed by atoms with van der Waals surface area (Å²) in [5.41, 5.74) is 2.06. The standard InChI is InChI=1S/C19H34N2/c1-18(2,15-20(5)6)14-19(3,4)16-21(7)13-17-11-9-8-10-12-17/h8-12H,13-16H2,1-7H3. The Morgan fingerprint density at radius 1 is 0.810 bits per heavy atom. The zero-order valence-electron chi connectivity index (χ0n) is 15.1. The fraction of sp³-hybridized carbons (Fsp3) is 0.684. The molecule has 1 aromatic carbocycles. The molecular formula is C19H34N2. The summed E-state index contributed by atoms with van der Waals surface area (Å²) in [5, 5.41) is 0. The van der Waals surface area contributed by atoms with Gasteiger partial charge in [-0.1, -0.05) is 58.0 Å². The molecule has 1 aromatic rings. The largest absolute Gasteiger partial charge is 0.309 e. The average Bonchev–Trinajstić information content (AvgIpc) is 2.24. The minimum absolute atomic E-state index is 0.322. The lowest BCUT2D eigenvalue weighted by atomic mass is 9.74. The molecule has 0 saturated heterocycles. The van der Waals surface area contributed by atoms with Gasteiger partial charge in [0.05, 0.1) is 0 Å². The van der Waals surface area contributed by atoms with Gasteiger partial charge in [0, 0.05) is 19.6 Å². The third kappa shape index (κ3) is 7.63. The molecule has 0 aliphatic heterocycles. The third-order valence-electron chi connectivity index (χ3n) is 3.69. The second kappa shape index (κ2) is 7.42. The lowest BCUT2D eigenvalue weighted by Gasteiger charge is -2.38. The van der Waals surface area contributed by atoms with Crippen molar-refractivity contribution in [3.8, 4) is 0 Å². The molecular weight excluding hydrogens is 256 g/mol. The van der Waals surface area contributed by atoms with Crippen LogP contribution in [0.3, 0.4) is 0 Å². The summed E-state index contributed by atoms with van der Waals surface area (Å²) in [4.78, 5) is 4.74. The van der Waals surface area contributed by atoms with Crippen LogP contribution in [0, 0.1) is 10.8 Å². The molecule has 0 N–H and O–H groups in total. The molecule has 0 spiro atoms. The van der Waals surface area contributed by atoms with Gasteiger partial charge >= 0.3 is 0 Å². The molecule has 0 unspecified atom stereocenters. The Bertz CT molecular complexity index is 407. The van der Waals surface area contributed by atoms with E-state index in [4.69, 9.17) is 0 Å². The summed E-state index contributed by atoms with van der Waals surface area (Å²) < 4.78 is 0. The quantitative estimate of drug-likeness (QED) is 0.710. The van der Waals surface area contributed by atoms with Gasteiger partial charge < -0.3 is 9.80 Å². The molecule has 2 nitrogen and oxygen atoms in total. The van der Waals surface area contributed by atoms with Crippen LogP contribution in [0.1, 0.15) is 39.7 Å². The van der Waals surface area contributed by atoms with Crippen LogP contribution in [0.15, 0.2) is 30.3 Å². The SMILES string of the molecule is CN(C)CC(C)(C)CC(C)(C)CN(C)Cc1ccccc1. The summed E-state index contributed by atoms with van der Waals surface area (Å²) in [6.45, 7) is 12.8. The van der Waals surface area contributed by atoms with Crippen molar-refractivity contribution in [2.24, 2.45) is 10.8 Å². The molecule has 0 heterocycles. The second-order valence-corrected chi connectivity index (χ2v) is 8.40. The van der Waals surface area contributed by atoms with Gasteiger partial charge in [-0.2, -0.15) is 0 Å². The molecule has 0 saturated carbocycles. The molecule has 0 amide bonds. The number of nitrogens with zero attached hydrogens (tertiary/aromatic N) is 2. The van der Waals surface area contributed by atoms with E-state index in [9.17, 15) is 0 Å². The van der Waals surface area contributed by atoms with Crippen LogP contribution in [-0.4, -0.2) is 44.0 Å². The van der Waals surface area contributed by atoms with Crippen LogP contribution >= 0.6 is 0 Å². The number of hydrogen-bond donors (Lipinski definition) is 0. The van der Waals surface area contributed by atoms with Gasteiger partial charge in [-0.15, -0.1) is 0 Å². The highest BCUT2D eigenvalue weighted by Crippen LogP contribution is 2.34. The number of benzene rings is 1. The third-order valence-corrected chi connectivity index (χ3v) is 3.69. The maximum absolute atomic E-state index is 2.45. The number of rotatable bonds is 8. The van der Waals surface area contributed by atoms with Crippen molar-refractivity contribution in [2.45, 2.75) is 40.7 Å². The lowest BCUT2D eigenvalue weighted by molar-refractivity contribution is 0.113. The Morgan fingerprint density at radius 2 is 1.33 bits per heavy atom. The van der Waals surface area contributed by atoms with Crippen molar-refractivity contribution in [2.75, 3.05) is 34.2 Å². The summed E-state index contributed by atoms with van der Waals surface area (Å²) in [7, 11) is 6.56. The maximum Gasteiger partial charge on any atom is 0.0230 e. The highest BCUT2D eigenvalue weighted by Gasteiger charge is 2.30. The molecule has 0 aromatic heterocycles. The summed E-state index contributed by atoms with van der Waals surface area (Å²) >= 11 is 0. The lowest BCUT2D eigenvalue weighted by Crippen LogP contribution is -2.38. The molecule has 0 fully saturated rings. The van der Waals surface area contributed by atoms with Crippen LogP contribution in [0.25, 0.3) is 0 Å². The van der Waals surface area contributed by atoms with E-state index >= 15 is 0 Å². The van der Waals surface area contributed by atoms with Gasteiger partial charge in [0.1, 0.15) is 0 Å². The first-order chi connectivity index (χ1) is 9.60. The van der Waals surface area contributed by atoms with E-state index in [0.717, 1.165) is 19.6 Å². The molecule has 0 atom stereocenters. The van der Waals surface area contributed by atoms with Crippen LogP contribution in [0.2, 0.25) is 0 Å². The zero-order valence-corrected chi connectivity index (χ0v) is 15.1. The molecule has 21 heavy (non-hydrogen) atoms. The predicted molar refractivity (Wildman–Crippen MR) is 93.5 cm³/mol. The molecule has 1 rings (SSSR count). The van der Waals surface area contributed by atoms with Gasteiger partial charge in [0.25, 0.3) is 0 Å². The van der Waals surface area contributed by atoms with E-state index in [0.29, 0.717) is 10.8 Å². The maximum atomic E-state index is 2.45. The van der Waals surface area contributed by atoms with E-state index in [2.05, 4.69) is 89.0 Å². The van der Waals surface area contributed by atoms with Crippen LogP contribution in [-0.2, 0) is 6.54 Å². The Kier molecular flexibility index (Phi) is 6.42. The fourth-order valence-electron chi connectivity index (χ4n) is 3.95. The highest BCUT2D eigenvalue weighted by molar-refractivity contribution is 5.14. The minimum Gasteiger partial charge on any atom is -0.309 e. The number of hydrogen-bond acceptors (Lipinski definition) is 2. The topological polar surface area (TPSA) is 6.48 Å². The van der Waals surface area contributed by atoms with E-state index in [1.807, 2.05) is 0 Å². The Morgan fingerprint density at radius 3 is 1.86 bits per heavy atom. The van der Waals surface area contributed by atoms with Crippen molar-refractivity contribution < 1.29 is 0 Å². The van der Waals surface area contributed by atoms with Crippen molar-refractivity contribution in [1.29, 1.82) is 0 Å². The predicted octanol–water partition coefficient (Wildman–Crippen LogP) is 4.12. The highest BCUT2D eigenvalue weighted by atomic mass is 15.1. The molecule has 0 radical (unpaired) electrons. The minimum atomic E-state index is 0.322. The fourth-order valence-corrected chi connectivity index (χ4v) is 3.95. The monoisotopic (exact) mass is 290 g/mol. The smallest absolute Gasteiger partial charge is 0.0230 e. The van der Waals surface area contributed by atoms with Crippen LogP contribution in [0.5, 0.6) is 0 Å². The molecule has 0 aliphatic carbocycles. The van der Waals surface area contributed by atoms with E-state index in [1.165, 1.54) is 12.0 Å². The summed E-state index contributed by atoms with van der Waals surface area (Å²) in [6, 6.07) is 10.7. The Labute approximate surface area is 132 Å². The van der Waals surface area contributed by atoms with Crippen LogP contribution in [0.4, 0.5) is 0 Å². The zero-order chi connectivity index (χ0) is 16.1. The first kappa shape index (κ1) is 18.2. The van der Waals surface area contributed by atoms with Gasteiger partial charge in [-0.05, 0) is 44.0 Å². The van der Waals surface area contributed by atoms with Crippen LogP contribution < -0.4 is 0 Å². The van der Waals surface area contributed by atoms with Gasteiger partial charge in [-0.25, -0.2) is 0 Å². The first-order valence-electron chi connectivity index (χ1n) is 7.97. The van der Waals surface area contributed by atoms with Crippen molar-refractivity contribution in [1.82, 2.24) is 9.80 Å². The molecule has 2 heteroatoms. The van der Waals surface area contributed by atoms with E-state index in [1.54, 1.807) is 0 Å². The van der Waals surface area contributed by atoms with Gasteiger partial charge in [-0.3, -0.25) is 0 Å². The summed E-state index contributed by atoms with van der Waals surface area (Å²) in [5.74, 6) is 0. The molecule has 120 valence electrons. The van der Waals surface area contributed by atoms with Crippen molar-refractivity contribution in [3.63, 3.8) is 0 Å².